The molecule has 0 saturated heterocycles. The minimum Gasteiger partial charge on any atom is -0.496 e. The van der Waals surface area contributed by atoms with Crippen LogP contribution in [0.15, 0.2) is 17.5 Å². The summed E-state index contributed by atoms with van der Waals surface area (Å²) in [7, 11) is 4.78. The Labute approximate surface area is 122 Å². The number of nitrogens with zero attached hydrogens (tertiary/aromatic N) is 1. The molecular weight excluding hydrogens is 276 g/mol. The molecule has 0 amide bonds. The van der Waals surface area contributed by atoms with Crippen LogP contribution in [0.5, 0.6) is 17.2 Å². The summed E-state index contributed by atoms with van der Waals surface area (Å²) >= 11 is 1.52. The molecule has 1 atom stereocenters. The number of aromatic nitrogens is 1. The van der Waals surface area contributed by atoms with Crippen molar-refractivity contribution >= 4 is 11.3 Å². The van der Waals surface area contributed by atoms with Crippen LogP contribution in [0.4, 0.5) is 0 Å². The first-order chi connectivity index (χ1) is 9.60. The van der Waals surface area contributed by atoms with Crippen LogP contribution in [-0.2, 0) is 0 Å². The maximum Gasteiger partial charge on any atom is 0.131 e. The molecule has 1 unspecified atom stereocenters. The predicted octanol–water partition coefficient (Wildman–Crippen LogP) is 2.53. The molecule has 0 aliphatic heterocycles. The summed E-state index contributed by atoms with van der Waals surface area (Å²) in [6.07, 6.45) is 0. The van der Waals surface area contributed by atoms with E-state index in [0.717, 1.165) is 16.3 Å². The fourth-order valence-corrected chi connectivity index (χ4v) is 2.78. The molecule has 6 heteroatoms. The van der Waals surface area contributed by atoms with Gasteiger partial charge in [0.25, 0.3) is 0 Å². The number of nitrogens with two attached hydrogens (primary N) is 1. The first-order valence-corrected chi connectivity index (χ1v) is 6.96. The highest BCUT2D eigenvalue weighted by atomic mass is 32.1. The van der Waals surface area contributed by atoms with E-state index in [1.54, 1.807) is 33.5 Å². The van der Waals surface area contributed by atoms with Gasteiger partial charge in [0.1, 0.15) is 22.3 Å². The lowest BCUT2D eigenvalue weighted by Gasteiger charge is -2.18. The van der Waals surface area contributed by atoms with Crippen molar-refractivity contribution in [2.24, 2.45) is 5.73 Å². The summed E-state index contributed by atoms with van der Waals surface area (Å²) in [5.41, 5.74) is 8.04. The number of hydrogen-bond donors (Lipinski definition) is 1. The van der Waals surface area contributed by atoms with E-state index in [2.05, 4.69) is 4.98 Å². The zero-order valence-corrected chi connectivity index (χ0v) is 12.8. The van der Waals surface area contributed by atoms with Gasteiger partial charge in [0.2, 0.25) is 0 Å². The molecule has 2 rings (SSSR count). The maximum absolute atomic E-state index is 6.32. The number of methoxy groups -OCH3 is 3. The van der Waals surface area contributed by atoms with E-state index >= 15 is 0 Å². The quantitative estimate of drug-likeness (QED) is 0.918. The Hall–Kier alpha value is -1.79. The second-order valence-corrected chi connectivity index (χ2v) is 5.14. The largest absolute Gasteiger partial charge is 0.496 e. The van der Waals surface area contributed by atoms with Crippen molar-refractivity contribution in [3.63, 3.8) is 0 Å². The van der Waals surface area contributed by atoms with E-state index in [9.17, 15) is 0 Å². The summed E-state index contributed by atoms with van der Waals surface area (Å²) in [5.74, 6) is 1.91. The summed E-state index contributed by atoms with van der Waals surface area (Å²) in [6.45, 7) is 1.94. The molecule has 0 aliphatic rings. The Morgan fingerprint density at radius 2 is 1.70 bits per heavy atom. The Kier molecular flexibility index (Phi) is 4.46. The van der Waals surface area contributed by atoms with Gasteiger partial charge >= 0.3 is 0 Å². The van der Waals surface area contributed by atoms with Crippen molar-refractivity contribution in [3.05, 3.63) is 33.8 Å². The minimum absolute atomic E-state index is 0.399. The molecular formula is C14H18N2O3S. The lowest BCUT2D eigenvalue weighted by atomic mass is 10.0. The van der Waals surface area contributed by atoms with E-state index in [4.69, 9.17) is 19.9 Å². The van der Waals surface area contributed by atoms with E-state index < -0.39 is 6.04 Å². The van der Waals surface area contributed by atoms with Crippen molar-refractivity contribution in [2.75, 3.05) is 21.3 Å². The van der Waals surface area contributed by atoms with Crippen LogP contribution in [0.2, 0.25) is 0 Å². The van der Waals surface area contributed by atoms with Gasteiger partial charge in [0, 0.05) is 23.2 Å². The lowest BCUT2D eigenvalue weighted by molar-refractivity contribution is 0.366. The van der Waals surface area contributed by atoms with Crippen molar-refractivity contribution in [2.45, 2.75) is 13.0 Å². The highest BCUT2D eigenvalue weighted by Crippen LogP contribution is 2.40. The minimum atomic E-state index is -0.399. The maximum atomic E-state index is 6.32. The van der Waals surface area contributed by atoms with Gasteiger partial charge in [-0.1, -0.05) is 0 Å². The molecule has 108 valence electrons. The molecule has 2 N–H and O–H groups in total. The van der Waals surface area contributed by atoms with Crippen molar-refractivity contribution in [1.29, 1.82) is 0 Å². The summed E-state index contributed by atoms with van der Waals surface area (Å²) in [6, 6.07) is 3.18. The highest BCUT2D eigenvalue weighted by molar-refractivity contribution is 7.09. The van der Waals surface area contributed by atoms with Crippen LogP contribution in [0.25, 0.3) is 0 Å². The molecule has 2 aromatic rings. The summed E-state index contributed by atoms with van der Waals surface area (Å²) < 4.78 is 16.1. The van der Waals surface area contributed by atoms with Crippen molar-refractivity contribution in [1.82, 2.24) is 4.98 Å². The molecule has 20 heavy (non-hydrogen) atoms. The Morgan fingerprint density at radius 1 is 1.10 bits per heavy atom. The topological polar surface area (TPSA) is 66.6 Å². The molecule has 1 aromatic carbocycles. The van der Waals surface area contributed by atoms with Gasteiger partial charge in [-0.05, 0) is 6.92 Å². The molecule has 1 aromatic heterocycles. The van der Waals surface area contributed by atoms with Crippen LogP contribution in [-0.4, -0.2) is 26.3 Å². The zero-order valence-electron chi connectivity index (χ0n) is 12.0. The van der Waals surface area contributed by atoms with E-state index in [0.29, 0.717) is 17.2 Å². The molecule has 0 radical (unpaired) electrons. The Morgan fingerprint density at radius 3 is 2.10 bits per heavy atom. The number of ether oxygens (including phenoxy) is 3. The predicted molar refractivity (Wildman–Crippen MR) is 79.0 cm³/mol. The molecule has 0 bridgehead atoms. The van der Waals surface area contributed by atoms with Gasteiger partial charge in [-0.25, -0.2) is 4.98 Å². The molecule has 0 fully saturated rings. The number of rotatable bonds is 5. The molecule has 1 heterocycles. The number of aryl methyl sites for hydroxylation is 1. The third kappa shape index (κ3) is 2.71. The van der Waals surface area contributed by atoms with Gasteiger partial charge in [0.05, 0.1) is 32.9 Å². The monoisotopic (exact) mass is 294 g/mol. The van der Waals surface area contributed by atoms with Crippen LogP contribution >= 0.6 is 11.3 Å². The number of benzene rings is 1. The zero-order chi connectivity index (χ0) is 14.7. The second kappa shape index (κ2) is 6.11. The van der Waals surface area contributed by atoms with Crippen molar-refractivity contribution < 1.29 is 14.2 Å². The normalized spacial score (nSPS) is 12.1. The molecule has 0 spiro atoms. The third-order valence-electron chi connectivity index (χ3n) is 2.97. The second-order valence-electron chi connectivity index (χ2n) is 4.25. The van der Waals surface area contributed by atoms with Crippen LogP contribution in [0, 0.1) is 6.92 Å². The van der Waals surface area contributed by atoms with Crippen LogP contribution < -0.4 is 19.9 Å². The fourth-order valence-electron chi connectivity index (χ4n) is 1.98. The Bertz CT molecular complexity index is 573. The summed E-state index contributed by atoms with van der Waals surface area (Å²) in [5, 5.41) is 2.79. The third-order valence-corrected chi connectivity index (χ3v) is 4.01. The average molecular weight is 294 g/mol. The van der Waals surface area contributed by atoms with Crippen LogP contribution in [0.1, 0.15) is 22.3 Å². The molecule has 5 nitrogen and oxygen atoms in total. The van der Waals surface area contributed by atoms with Gasteiger partial charge in [0.15, 0.2) is 0 Å². The molecule has 0 saturated carbocycles. The van der Waals surface area contributed by atoms with E-state index in [1.807, 2.05) is 12.3 Å². The standard InChI is InChI=1S/C14H18N2O3S/c1-8-7-20-14(16-8)13(15)12-10(18-3)5-9(17-2)6-11(12)19-4/h5-7,13H,15H2,1-4H3. The lowest BCUT2D eigenvalue weighted by Crippen LogP contribution is -2.14. The number of thiazole rings is 1. The van der Waals surface area contributed by atoms with E-state index in [-0.39, 0.29) is 0 Å². The number of hydrogen-bond acceptors (Lipinski definition) is 6. The van der Waals surface area contributed by atoms with Gasteiger partial charge in [-0.15, -0.1) is 11.3 Å². The van der Waals surface area contributed by atoms with Gasteiger partial charge in [-0.3, -0.25) is 0 Å². The fraction of sp³-hybridized carbons (Fsp3) is 0.357. The van der Waals surface area contributed by atoms with Crippen LogP contribution in [0.3, 0.4) is 0 Å². The summed E-state index contributed by atoms with van der Waals surface area (Å²) in [4.78, 5) is 4.43. The molecule has 0 aliphatic carbocycles. The van der Waals surface area contributed by atoms with Crippen molar-refractivity contribution in [3.8, 4) is 17.2 Å². The average Bonchev–Trinajstić information content (AvgIpc) is 2.91. The van der Waals surface area contributed by atoms with Gasteiger partial charge in [-0.2, -0.15) is 0 Å². The smallest absolute Gasteiger partial charge is 0.131 e. The first-order valence-electron chi connectivity index (χ1n) is 6.08. The Balaban J connectivity index is 2.53. The highest BCUT2D eigenvalue weighted by Gasteiger charge is 2.23. The van der Waals surface area contributed by atoms with E-state index in [1.165, 1.54) is 11.3 Å². The van der Waals surface area contributed by atoms with Gasteiger partial charge < -0.3 is 19.9 Å². The SMILES string of the molecule is COc1cc(OC)c(C(N)c2nc(C)cs2)c(OC)c1. The first kappa shape index (κ1) is 14.6.